The van der Waals surface area contributed by atoms with Crippen LogP contribution in [0.25, 0.3) is 11.1 Å². The number of rotatable bonds is 4. The van der Waals surface area contributed by atoms with Crippen molar-refractivity contribution < 1.29 is 40.6 Å². The van der Waals surface area contributed by atoms with Gasteiger partial charge in [-0.2, -0.15) is 13.2 Å². The Kier molecular flexibility index (Phi) is 6.92. The van der Waals surface area contributed by atoms with Crippen molar-refractivity contribution in [2.24, 2.45) is 0 Å². The molecule has 1 amide bonds. The maximum Gasteiger partial charge on any atom is 0.586 e. The molecule has 0 saturated carbocycles. The third kappa shape index (κ3) is 5.56. The fourth-order valence-electron chi connectivity index (χ4n) is 4.95. The number of alkyl halides is 5. The lowest BCUT2D eigenvalue weighted by atomic mass is 10.0. The van der Waals surface area contributed by atoms with E-state index < -0.39 is 40.9 Å². The van der Waals surface area contributed by atoms with Crippen LogP contribution in [0.1, 0.15) is 29.8 Å². The maximum absolute atomic E-state index is 15.6. The molecule has 2 N–H and O–H groups in total. The van der Waals surface area contributed by atoms with Gasteiger partial charge in [0.25, 0.3) is 5.91 Å². The van der Waals surface area contributed by atoms with Crippen LogP contribution < -0.4 is 25.2 Å². The number of hydrogen-bond acceptors (Lipinski definition) is 6. The van der Waals surface area contributed by atoms with Crippen molar-refractivity contribution in [2.45, 2.75) is 38.4 Å². The molecule has 2 unspecified atom stereocenters. The molecule has 2 aliphatic rings. The molecule has 1 fully saturated rings. The number of anilines is 2. The zero-order valence-electron chi connectivity index (χ0n) is 21.9. The molecule has 0 aliphatic carbocycles. The molecule has 41 heavy (non-hydrogen) atoms. The first-order chi connectivity index (χ1) is 19.1. The fraction of sp³-hybridized carbons (Fsp3) is 0.333. The van der Waals surface area contributed by atoms with E-state index in [4.69, 9.17) is 0 Å². The van der Waals surface area contributed by atoms with Crippen LogP contribution in [0.4, 0.5) is 37.7 Å². The predicted molar refractivity (Wildman–Crippen MR) is 137 cm³/mol. The molecule has 0 bridgehead atoms. The number of aromatic amines is 1. The Hall–Kier alpha value is -4.20. The predicted octanol–water partition coefficient (Wildman–Crippen LogP) is 5.30. The lowest BCUT2D eigenvalue weighted by Gasteiger charge is -2.44. The molecule has 5 rings (SSSR count). The minimum atomic E-state index is -5.01. The minimum absolute atomic E-state index is 0.0107. The number of H-pyrrole nitrogens is 1. The second kappa shape index (κ2) is 10.0. The van der Waals surface area contributed by atoms with Gasteiger partial charge in [-0.15, -0.1) is 8.78 Å². The van der Waals surface area contributed by atoms with Gasteiger partial charge in [-0.3, -0.25) is 14.5 Å². The topological polar surface area (TPSA) is 86.9 Å². The molecule has 218 valence electrons. The van der Waals surface area contributed by atoms with Gasteiger partial charge in [-0.05, 0) is 50.7 Å². The zero-order valence-corrected chi connectivity index (χ0v) is 21.9. The number of halogens is 6. The highest BCUT2D eigenvalue weighted by Crippen LogP contribution is 2.44. The molecule has 0 spiro atoms. The first kappa shape index (κ1) is 28.3. The maximum atomic E-state index is 15.6. The van der Waals surface area contributed by atoms with E-state index in [1.54, 1.807) is 4.90 Å². The molecule has 3 aromatic rings. The highest BCUT2D eigenvalue weighted by molar-refractivity contribution is 6.07. The average Bonchev–Trinajstić information content (AvgIpc) is 3.20. The number of likely N-dealkylation sites (N-methyl/N-ethyl adjacent to an activating group) is 1. The van der Waals surface area contributed by atoms with Crippen molar-refractivity contribution >= 4 is 17.3 Å². The Morgan fingerprint density at radius 3 is 2.37 bits per heavy atom. The molecular weight excluding hydrogens is 558 g/mol. The summed E-state index contributed by atoms with van der Waals surface area (Å²) in [5.41, 5.74) is -3.22. The van der Waals surface area contributed by atoms with Crippen molar-refractivity contribution in [3.05, 3.63) is 69.9 Å². The van der Waals surface area contributed by atoms with Gasteiger partial charge in [0.15, 0.2) is 11.5 Å². The second-order valence-electron chi connectivity index (χ2n) is 10.0. The van der Waals surface area contributed by atoms with Gasteiger partial charge >= 0.3 is 12.5 Å². The first-order valence-corrected chi connectivity index (χ1v) is 12.4. The van der Waals surface area contributed by atoms with Crippen molar-refractivity contribution in [3.8, 4) is 22.6 Å². The quantitative estimate of drug-likeness (QED) is 0.406. The number of nitrogens with one attached hydrogen (secondary N) is 2. The van der Waals surface area contributed by atoms with Crippen molar-refractivity contribution in [2.75, 3.05) is 30.4 Å². The van der Waals surface area contributed by atoms with Gasteiger partial charge in [0.1, 0.15) is 5.82 Å². The second-order valence-corrected chi connectivity index (χ2v) is 10.0. The van der Waals surface area contributed by atoms with Gasteiger partial charge in [-0.1, -0.05) is 6.07 Å². The number of carbonyl (C=O) groups is 1. The fourth-order valence-corrected chi connectivity index (χ4v) is 4.95. The Labute approximate surface area is 229 Å². The van der Waals surface area contributed by atoms with Crippen LogP contribution in [0.2, 0.25) is 0 Å². The van der Waals surface area contributed by atoms with Crippen LogP contribution in [0, 0.1) is 5.82 Å². The van der Waals surface area contributed by atoms with E-state index in [9.17, 15) is 31.5 Å². The van der Waals surface area contributed by atoms with E-state index in [0.717, 1.165) is 18.2 Å². The normalized spacial score (nSPS) is 20.3. The van der Waals surface area contributed by atoms with Crippen LogP contribution in [0.5, 0.6) is 11.5 Å². The number of carbonyl (C=O) groups excluding carboxylic acids is 1. The number of hydrogen-bond donors (Lipinski definition) is 2. The van der Waals surface area contributed by atoms with Gasteiger partial charge in [0, 0.05) is 43.0 Å². The number of aromatic nitrogens is 1. The van der Waals surface area contributed by atoms with Gasteiger partial charge in [0.05, 0.1) is 22.5 Å². The largest absolute Gasteiger partial charge is 0.586 e. The molecule has 3 heterocycles. The summed E-state index contributed by atoms with van der Waals surface area (Å²) in [5, 5.41) is 2.44. The summed E-state index contributed by atoms with van der Waals surface area (Å²) in [6.07, 6.45) is -8.25. The molecule has 2 aromatic carbocycles. The first-order valence-electron chi connectivity index (χ1n) is 12.4. The number of pyridine rings is 1. The van der Waals surface area contributed by atoms with E-state index in [1.165, 1.54) is 12.1 Å². The smallest absolute Gasteiger partial charge is 0.395 e. The van der Waals surface area contributed by atoms with E-state index in [-0.39, 0.29) is 52.2 Å². The SMILES string of the molecule is CC1CN(c2cc(F)c(-c3ccc4c(c3)OC(F)(F)O4)cc2NC(=O)c2c[nH]c(=O)cc2C(F)(F)F)CC(C)N1C. The highest BCUT2D eigenvalue weighted by Gasteiger charge is 2.43. The summed E-state index contributed by atoms with van der Waals surface area (Å²) in [7, 11) is 1.93. The molecule has 1 saturated heterocycles. The van der Waals surface area contributed by atoms with E-state index in [0.29, 0.717) is 19.3 Å². The van der Waals surface area contributed by atoms with Gasteiger partial charge in [-0.25, -0.2) is 4.39 Å². The van der Waals surface area contributed by atoms with Crippen LogP contribution in [0.15, 0.2) is 47.4 Å². The summed E-state index contributed by atoms with van der Waals surface area (Å²) >= 11 is 0. The van der Waals surface area contributed by atoms with E-state index in [2.05, 4.69) is 24.7 Å². The van der Waals surface area contributed by atoms with Crippen LogP contribution in [-0.4, -0.2) is 54.3 Å². The highest BCUT2D eigenvalue weighted by atomic mass is 19.4. The molecule has 8 nitrogen and oxygen atoms in total. The lowest BCUT2D eigenvalue weighted by molar-refractivity contribution is -0.286. The van der Waals surface area contributed by atoms with Crippen LogP contribution in [-0.2, 0) is 6.18 Å². The zero-order chi connectivity index (χ0) is 29.9. The summed E-state index contributed by atoms with van der Waals surface area (Å²) < 4.78 is 92.5. The van der Waals surface area contributed by atoms with Gasteiger partial charge < -0.3 is 24.7 Å². The number of fused-ring (bicyclic) bond motifs is 1. The third-order valence-corrected chi connectivity index (χ3v) is 7.22. The summed E-state index contributed by atoms with van der Waals surface area (Å²) in [6.45, 7) is 4.72. The van der Waals surface area contributed by atoms with Crippen LogP contribution in [0.3, 0.4) is 0 Å². The number of nitrogens with zero attached hydrogens (tertiary/aromatic N) is 2. The number of amides is 1. The molecule has 14 heteroatoms. The summed E-state index contributed by atoms with van der Waals surface area (Å²) in [6, 6.07) is 6.24. The summed E-state index contributed by atoms with van der Waals surface area (Å²) in [5.74, 6) is -2.58. The van der Waals surface area contributed by atoms with E-state index >= 15 is 4.39 Å². The Bertz CT molecular complexity index is 1560. The van der Waals surface area contributed by atoms with Crippen LogP contribution >= 0.6 is 0 Å². The number of ether oxygens (including phenoxy) is 2. The minimum Gasteiger partial charge on any atom is -0.395 e. The van der Waals surface area contributed by atoms with Crippen molar-refractivity contribution in [1.29, 1.82) is 0 Å². The Morgan fingerprint density at radius 1 is 1.05 bits per heavy atom. The Morgan fingerprint density at radius 2 is 1.71 bits per heavy atom. The molecule has 0 radical (unpaired) electrons. The molecule has 2 aliphatic heterocycles. The number of piperazine rings is 1. The van der Waals surface area contributed by atoms with Crippen molar-refractivity contribution in [3.63, 3.8) is 0 Å². The molecule has 2 atom stereocenters. The lowest BCUT2D eigenvalue weighted by Crippen LogP contribution is -2.55. The van der Waals surface area contributed by atoms with Crippen molar-refractivity contribution in [1.82, 2.24) is 9.88 Å². The average molecular weight is 583 g/mol. The number of benzene rings is 2. The standard InChI is InChI=1S/C27H24F6N4O4/c1-13-11-37(12-14(2)36(13)3)21-9-19(28)16(15-4-5-22-23(6-15)41-27(32,33)40-22)7-20(21)35-25(39)17-10-34-24(38)8-18(17)26(29,30)31/h4-10,13-14H,11-12H2,1-3H3,(H,34,38)(H,35,39). The molecule has 1 aromatic heterocycles. The summed E-state index contributed by atoms with van der Waals surface area (Å²) in [4.78, 5) is 30.7. The molecular formula is C27H24F6N4O4. The third-order valence-electron chi connectivity index (χ3n) is 7.22. The van der Waals surface area contributed by atoms with Gasteiger partial charge in [0.2, 0.25) is 5.56 Å². The monoisotopic (exact) mass is 582 g/mol. The Balaban J connectivity index is 1.60. The van der Waals surface area contributed by atoms with E-state index in [1.807, 2.05) is 20.9 Å².